The number of halogens is 1. The Bertz CT molecular complexity index is 547. The van der Waals surface area contributed by atoms with Crippen LogP contribution in [0.1, 0.15) is 16.1 Å². The molecule has 0 aliphatic heterocycles. The fourth-order valence-corrected chi connectivity index (χ4v) is 1.72. The van der Waals surface area contributed by atoms with Crippen LogP contribution in [0, 0.1) is 6.92 Å². The maximum absolute atomic E-state index is 11.6. The lowest BCUT2D eigenvalue weighted by Gasteiger charge is -1.98. The van der Waals surface area contributed by atoms with Crippen LogP contribution >= 0.6 is 11.6 Å². The van der Waals surface area contributed by atoms with Crippen molar-refractivity contribution in [3.05, 3.63) is 34.5 Å². The lowest BCUT2D eigenvalue weighted by molar-refractivity contribution is 0.0511. The normalized spacial score (nSPS) is 10.7. The van der Waals surface area contributed by atoms with Gasteiger partial charge in [0.2, 0.25) is 0 Å². The van der Waals surface area contributed by atoms with Crippen molar-refractivity contribution in [1.29, 1.82) is 0 Å². The molecular formula is C11H10ClNO3. The van der Waals surface area contributed by atoms with Crippen molar-refractivity contribution in [1.82, 2.24) is 5.48 Å². The predicted molar refractivity (Wildman–Crippen MR) is 60.4 cm³/mol. The third-order valence-electron chi connectivity index (χ3n) is 2.30. The van der Waals surface area contributed by atoms with E-state index in [9.17, 15) is 4.79 Å². The molecule has 2 aromatic rings. The quantitative estimate of drug-likeness (QED) is 0.820. The Balaban J connectivity index is 2.56. The van der Waals surface area contributed by atoms with E-state index in [4.69, 9.17) is 16.0 Å². The zero-order chi connectivity index (χ0) is 11.7. The minimum atomic E-state index is -0.410. The van der Waals surface area contributed by atoms with E-state index in [1.165, 1.54) is 7.11 Å². The van der Waals surface area contributed by atoms with Gasteiger partial charge in [0.1, 0.15) is 5.58 Å². The molecule has 16 heavy (non-hydrogen) atoms. The Hall–Kier alpha value is -1.52. The van der Waals surface area contributed by atoms with Gasteiger partial charge in [0.25, 0.3) is 0 Å². The van der Waals surface area contributed by atoms with Gasteiger partial charge in [-0.1, -0.05) is 11.6 Å². The predicted octanol–water partition coefficient (Wildman–Crippen LogP) is 2.69. The van der Waals surface area contributed by atoms with Crippen LogP contribution in [0.5, 0.6) is 0 Å². The maximum Gasteiger partial charge on any atom is 0.310 e. The molecule has 5 heteroatoms. The van der Waals surface area contributed by atoms with Gasteiger partial charge in [0, 0.05) is 16.0 Å². The van der Waals surface area contributed by atoms with Gasteiger partial charge in [-0.3, -0.25) is 9.63 Å². The van der Waals surface area contributed by atoms with E-state index >= 15 is 0 Å². The molecule has 0 atom stereocenters. The SMILES string of the molecule is CONC(=O)c1oc2ccc(Cl)cc2c1C. The molecule has 0 spiro atoms. The van der Waals surface area contributed by atoms with Crippen LogP contribution in [-0.2, 0) is 4.84 Å². The summed E-state index contributed by atoms with van der Waals surface area (Å²) in [6, 6.07) is 5.21. The molecule has 2 rings (SSSR count). The van der Waals surface area contributed by atoms with E-state index in [0.717, 1.165) is 10.9 Å². The first kappa shape index (κ1) is 11.0. The minimum Gasteiger partial charge on any atom is -0.451 e. The first-order valence-electron chi connectivity index (χ1n) is 4.65. The van der Waals surface area contributed by atoms with Crippen LogP contribution in [0.4, 0.5) is 0 Å². The smallest absolute Gasteiger partial charge is 0.310 e. The fourth-order valence-electron chi connectivity index (χ4n) is 1.55. The highest BCUT2D eigenvalue weighted by Crippen LogP contribution is 2.27. The van der Waals surface area contributed by atoms with Crippen molar-refractivity contribution >= 4 is 28.5 Å². The van der Waals surface area contributed by atoms with Crippen LogP contribution in [-0.4, -0.2) is 13.0 Å². The van der Waals surface area contributed by atoms with Crippen molar-refractivity contribution < 1.29 is 14.0 Å². The van der Waals surface area contributed by atoms with Gasteiger partial charge in [0.15, 0.2) is 5.76 Å². The van der Waals surface area contributed by atoms with Gasteiger partial charge >= 0.3 is 5.91 Å². The van der Waals surface area contributed by atoms with E-state index in [1.807, 2.05) is 0 Å². The first-order valence-corrected chi connectivity index (χ1v) is 5.03. The molecule has 0 saturated heterocycles. The number of hydroxylamine groups is 1. The largest absolute Gasteiger partial charge is 0.451 e. The third-order valence-corrected chi connectivity index (χ3v) is 2.53. The maximum atomic E-state index is 11.6. The summed E-state index contributed by atoms with van der Waals surface area (Å²) in [5.41, 5.74) is 3.58. The summed E-state index contributed by atoms with van der Waals surface area (Å²) in [6.45, 7) is 1.80. The second kappa shape index (κ2) is 4.15. The monoisotopic (exact) mass is 239 g/mol. The minimum absolute atomic E-state index is 0.235. The molecule has 4 nitrogen and oxygen atoms in total. The van der Waals surface area contributed by atoms with Crippen LogP contribution in [0.25, 0.3) is 11.0 Å². The molecule has 1 aromatic carbocycles. The molecule has 1 aromatic heterocycles. The van der Waals surface area contributed by atoms with Gasteiger partial charge in [-0.2, -0.15) is 0 Å². The standard InChI is InChI=1S/C11H10ClNO3/c1-6-8-5-7(12)3-4-9(8)16-10(6)11(14)13-15-2/h3-5H,1-2H3,(H,13,14). The first-order chi connectivity index (χ1) is 7.63. The van der Waals surface area contributed by atoms with Crippen LogP contribution in [0.15, 0.2) is 22.6 Å². The van der Waals surface area contributed by atoms with Gasteiger partial charge in [-0.25, -0.2) is 5.48 Å². The third kappa shape index (κ3) is 1.77. The van der Waals surface area contributed by atoms with Gasteiger partial charge in [-0.15, -0.1) is 0 Å². The van der Waals surface area contributed by atoms with Crippen molar-refractivity contribution in [2.24, 2.45) is 0 Å². The number of rotatable bonds is 2. The molecule has 0 fully saturated rings. The van der Waals surface area contributed by atoms with Crippen LogP contribution < -0.4 is 5.48 Å². The van der Waals surface area contributed by atoms with Crippen LogP contribution in [0.2, 0.25) is 5.02 Å². The summed E-state index contributed by atoms with van der Waals surface area (Å²) in [4.78, 5) is 16.1. The molecule has 1 N–H and O–H groups in total. The van der Waals surface area contributed by atoms with Crippen molar-refractivity contribution in [2.75, 3.05) is 7.11 Å². The number of benzene rings is 1. The molecule has 0 aliphatic rings. The summed E-state index contributed by atoms with van der Waals surface area (Å²) < 4.78 is 5.42. The average Bonchev–Trinajstić information content (AvgIpc) is 2.57. The number of aryl methyl sites for hydroxylation is 1. The lowest BCUT2D eigenvalue weighted by atomic mass is 10.1. The number of hydrogen-bond acceptors (Lipinski definition) is 3. The number of carbonyl (C=O) groups excluding carboxylic acids is 1. The molecule has 0 unspecified atom stereocenters. The van der Waals surface area contributed by atoms with E-state index in [2.05, 4.69) is 10.3 Å². The summed E-state index contributed by atoms with van der Waals surface area (Å²) in [5, 5.41) is 1.43. The van der Waals surface area contributed by atoms with E-state index in [-0.39, 0.29) is 5.76 Å². The number of nitrogens with one attached hydrogen (secondary N) is 1. The Labute approximate surface area is 97.1 Å². The van der Waals surface area contributed by atoms with Gasteiger partial charge in [0.05, 0.1) is 7.11 Å². The second-order valence-corrected chi connectivity index (χ2v) is 3.77. The van der Waals surface area contributed by atoms with Gasteiger partial charge in [-0.05, 0) is 25.1 Å². The number of hydrogen-bond donors (Lipinski definition) is 1. The molecule has 0 aliphatic carbocycles. The highest BCUT2D eigenvalue weighted by molar-refractivity contribution is 6.31. The zero-order valence-electron chi connectivity index (χ0n) is 8.83. The average molecular weight is 240 g/mol. The number of amides is 1. The van der Waals surface area contributed by atoms with Crippen molar-refractivity contribution in [2.45, 2.75) is 6.92 Å². The topological polar surface area (TPSA) is 51.5 Å². The van der Waals surface area contributed by atoms with E-state index in [0.29, 0.717) is 10.6 Å². The van der Waals surface area contributed by atoms with Crippen molar-refractivity contribution in [3.63, 3.8) is 0 Å². The molecular weight excluding hydrogens is 230 g/mol. The van der Waals surface area contributed by atoms with E-state index in [1.54, 1.807) is 25.1 Å². The molecule has 84 valence electrons. The summed E-state index contributed by atoms with van der Waals surface area (Å²) in [5.74, 6) is -0.175. The highest BCUT2D eigenvalue weighted by atomic mass is 35.5. The van der Waals surface area contributed by atoms with Crippen molar-refractivity contribution in [3.8, 4) is 0 Å². The molecule has 0 saturated carbocycles. The summed E-state index contributed by atoms with van der Waals surface area (Å²) >= 11 is 5.87. The Kier molecular flexibility index (Phi) is 2.85. The molecule has 1 heterocycles. The zero-order valence-corrected chi connectivity index (χ0v) is 9.59. The summed E-state index contributed by atoms with van der Waals surface area (Å²) in [7, 11) is 1.37. The molecule has 1 amide bonds. The van der Waals surface area contributed by atoms with Crippen LogP contribution in [0.3, 0.4) is 0 Å². The number of carbonyl (C=O) groups is 1. The van der Waals surface area contributed by atoms with E-state index < -0.39 is 5.91 Å². The Morgan fingerprint density at radius 1 is 1.50 bits per heavy atom. The van der Waals surface area contributed by atoms with Gasteiger partial charge < -0.3 is 4.42 Å². The molecule has 0 bridgehead atoms. The Morgan fingerprint density at radius 2 is 2.25 bits per heavy atom. The number of fused-ring (bicyclic) bond motifs is 1. The summed E-state index contributed by atoms with van der Waals surface area (Å²) in [6.07, 6.45) is 0. The Morgan fingerprint density at radius 3 is 2.94 bits per heavy atom. The lowest BCUT2D eigenvalue weighted by Crippen LogP contribution is -2.21. The number of furan rings is 1. The second-order valence-electron chi connectivity index (χ2n) is 3.33. The fraction of sp³-hybridized carbons (Fsp3) is 0.182. The molecule has 0 radical (unpaired) electrons. The highest BCUT2D eigenvalue weighted by Gasteiger charge is 2.17.